The number of nitrogens with one attached hydrogen (secondary N) is 1. The molecule has 4 nitrogen and oxygen atoms in total. The van der Waals surface area contributed by atoms with Gasteiger partial charge in [-0.15, -0.1) is 13.2 Å². The average molecular weight is 390 g/mol. The lowest BCUT2D eigenvalue weighted by atomic mass is 10.1. The number of allylic oxidation sites excluding steroid dienone is 4. The minimum atomic E-state index is 0.0270. The molecule has 152 valence electrons. The first-order chi connectivity index (χ1) is 14.2. The van der Waals surface area contributed by atoms with Gasteiger partial charge in [-0.05, 0) is 69.2 Å². The number of rotatable bonds is 12. The summed E-state index contributed by atoms with van der Waals surface area (Å²) in [5.74, 6) is 0.783. The van der Waals surface area contributed by atoms with Gasteiger partial charge in [-0.1, -0.05) is 18.2 Å². The molecule has 0 saturated heterocycles. The first-order valence-electron chi connectivity index (χ1n) is 10.4. The van der Waals surface area contributed by atoms with Crippen molar-refractivity contribution >= 4 is 11.4 Å². The number of aromatic nitrogens is 1. The van der Waals surface area contributed by atoms with Crippen LogP contribution in [0.4, 0.5) is 0 Å². The smallest absolute Gasteiger partial charge is 0.146 e. The standard InChI is InChI=1S/C25H31N3O/c1-4-6-8-10-12-19-13-14-21(26-19)17-24-25(29-3)18-23(28-24)22-16-15-20(27-22)11-9-7-5-2/h4-5,13-18,21,27H,1-2,6-12H2,3H3/b24-17-. The van der Waals surface area contributed by atoms with Crippen LogP contribution in [0.15, 0.2) is 83.2 Å². The Bertz CT molecular complexity index is 880. The zero-order chi connectivity index (χ0) is 20.5. The van der Waals surface area contributed by atoms with Crippen LogP contribution in [0.2, 0.25) is 0 Å². The number of ether oxygens (including phenoxy) is 1. The summed E-state index contributed by atoms with van der Waals surface area (Å²) >= 11 is 0. The SMILES string of the molecule is C=CCCCCC1=NC(/C=C2\N=C(c3ccc(CCCC=C)[nH]3)C=C2OC)C=C1. The molecule has 3 rings (SSSR count). The van der Waals surface area contributed by atoms with Gasteiger partial charge in [0.25, 0.3) is 0 Å². The minimum absolute atomic E-state index is 0.0270. The van der Waals surface area contributed by atoms with Crippen molar-refractivity contribution in [3.8, 4) is 0 Å². The van der Waals surface area contributed by atoms with Crippen molar-refractivity contribution in [2.24, 2.45) is 9.98 Å². The predicted octanol–water partition coefficient (Wildman–Crippen LogP) is 5.87. The van der Waals surface area contributed by atoms with E-state index in [1.165, 1.54) is 5.69 Å². The van der Waals surface area contributed by atoms with Gasteiger partial charge in [-0.25, -0.2) is 4.99 Å². The van der Waals surface area contributed by atoms with Crippen molar-refractivity contribution in [1.82, 2.24) is 4.98 Å². The Morgan fingerprint density at radius 2 is 1.93 bits per heavy atom. The van der Waals surface area contributed by atoms with Crippen molar-refractivity contribution in [2.45, 2.75) is 51.0 Å². The van der Waals surface area contributed by atoms with Crippen LogP contribution in [0.3, 0.4) is 0 Å². The molecule has 1 unspecified atom stereocenters. The van der Waals surface area contributed by atoms with Crippen molar-refractivity contribution in [1.29, 1.82) is 0 Å². The molecule has 0 aromatic carbocycles. The summed E-state index contributed by atoms with van der Waals surface area (Å²) in [4.78, 5) is 13.1. The largest absolute Gasteiger partial charge is 0.494 e. The van der Waals surface area contributed by atoms with Crippen LogP contribution < -0.4 is 0 Å². The molecule has 0 aliphatic carbocycles. The van der Waals surface area contributed by atoms with E-state index in [9.17, 15) is 0 Å². The summed E-state index contributed by atoms with van der Waals surface area (Å²) in [6, 6.07) is 4.24. The van der Waals surface area contributed by atoms with Crippen molar-refractivity contribution in [3.05, 3.63) is 84.6 Å². The monoisotopic (exact) mass is 389 g/mol. The molecule has 0 spiro atoms. The van der Waals surface area contributed by atoms with Gasteiger partial charge in [-0.2, -0.15) is 0 Å². The molecule has 4 heteroatoms. The Kier molecular flexibility index (Phi) is 7.62. The molecule has 1 atom stereocenters. The van der Waals surface area contributed by atoms with Crippen molar-refractivity contribution < 1.29 is 4.74 Å². The molecule has 0 amide bonds. The highest BCUT2D eigenvalue weighted by molar-refractivity contribution is 6.10. The molecule has 3 heterocycles. The summed E-state index contributed by atoms with van der Waals surface area (Å²) in [5, 5.41) is 0. The lowest BCUT2D eigenvalue weighted by Gasteiger charge is -2.03. The van der Waals surface area contributed by atoms with Crippen LogP contribution in [-0.2, 0) is 11.2 Å². The molecule has 0 radical (unpaired) electrons. The third kappa shape index (κ3) is 5.80. The number of aryl methyl sites for hydroxylation is 1. The number of methoxy groups -OCH3 is 1. The second-order valence-corrected chi connectivity index (χ2v) is 7.34. The van der Waals surface area contributed by atoms with E-state index in [1.807, 2.05) is 18.2 Å². The molecule has 2 aliphatic heterocycles. The highest BCUT2D eigenvalue weighted by Gasteiger charge is 2.19. The molecule has 0 saturated carbocycles. The molecule has 0 bridgehead atoms. The fourth-order valence-corrected chi connectivity index (χ4v) is 3.49. The quantitative estimate of drug-likeness (QED) is 0.353. The molecule has 1 aromatic heterocycles. The highest BCUT2D eigenvalue weighted by atomic mass is 16.5. The summed E-state index contributed by atoms with van der Waals surface area (Å²) in [6.07, 6.45) is 19.8. The minimum Gasteiger partial charge on any atom is -0.494 e. The van der Waals surface area contributed by atoms with Crippen LogP contribution in [0.1, 0.15) is 49.9 Å². The zero-order valence-corrected chi connectivity index (χ0v) is 17.4. The second kappa shape index (κ2) is 10.6. The first-order valence-corrected chi connectivity index (χ1v) is 10.4. The Hall–Kier alpha value is -2.88. The Balaban J connectivity index is 1.66. The Morgan fingerprint density at radius 3 is 2.72 bits per heavy atom. The van der Waals surface area contributed by atoms with Gasteiger partial charge in [0.1, 0.15) is 11.5 Å². The fraction of sp³-hybridized carbons (Fsp3) is 0.360. The summed E-state index contributed by atoms with van der Waals surface area (Å²) < 4.78 is 5.56. The van der Waals surface area contributed by atoms with E-state index in [1.54, 1.807) is 7.11 Å². The van der Waals surface area contributed by atoms with E-state index in [0.717, 1.165) is 73.5 Å². The van der Waals surface area contributed by atoms with Gasteiger partial charge in [0, 0.05) is 17.5 Å². The molecule has 1 N–H and O–H groups in total. The van der Waals surface area contributed by atoms with Gasteiger partial charge in [-0.3, -0.25) is 4.99 Å². The topological polar surface area (TPSA) is 49.7 Å². The van der Waals surface area contributed by atoms with Crippen LogP contribution >= 0.6 is 0 Å². The number of nitrogens with zero attached hydrogens (tertiary/aromatic N) is 2. The lowest BCUT2D eigenvalue weighted by molar-refractivity contribution is 0.302. The maximum atomic E-state index is 5.56. The van der Waals surface area contributed by atoms with Gasteiger partial charge < -0.3 is 9.72 Å². The van der Waals surface area contributed by atoms with Gasteiger partial charge in [0.2, 0.25) is 0 Å². The fourth-order valence-electron chi connectivity index (χ4n) is 3.49. The molecule has 29 heavy (non-hydrogen) atoms. The van der Waals surface area contributed by atoms with Gasteiger partial charge in [0.15, 0.2) is 0 Å². The molecule has 1 aromatic rings. The van der Waals surface area contributed by atoms with E-state index in [0.29, 0.717) is 0 Å². The normalized spacial score (nSPS) is 19.3. The predicted molar refractivity (Wildman–Crippen MR) is 123 cm³/mol. The number of H-pyrrole nitrogens is 1. The number of aliphatic imine (C=N–C) groups is 2. The maximum Gasteiger partial charge on any atom is 0.146 e. The van der Waals surface area contributed by atoms with Gasteiger partial charge in [0.05, 0.1) is 24.6 Å². The van der Waals surface area contributed by atoms with Crippen molar-refractivity contribution in [3.63, 3.8) is 0 Å². The highest BCUT2D eigenvalue weighted by Crippen LogP contribution is 2.25. The molecule has 0 fully saturated rings. The van der Waals surface area contributed by atoms with E-state index >= 15 is 0 Å². The van der Waals surface area contributed by atoms with E-state index in [-0.39, 0.29) is 6.04 Å². The number of aromatic amines is 1. The zero-order valence-electron chi connectivity index (χ0n) is 17.4. The van der Waals surface area contributed by atoms with Crippen LogP contribution in [0.25, 0.3) is 0 Å². The number of unbranched alkanes of at least 4 members (excludes halogenated alkanes) is 3. The summed E-state index contributed by atoms with van der Waals surface area (Å²) in [5.41, 5.74) is 5.15. The van der Waals surface area contributed by atoms with Crippen LogP contribution in [-0.4, -0.2) is 29.6 Å². The van der Waals surface area contributed by atoms with Crippen molar-refractivity contribution in [2.75, 3.05) is 7.11 Å². The summed E-state index contributed by atoms with van der Waals surface area (Å²) in [6.45, 7) is 7.55. The molecular formula is C25H31N3O. The van der Waals surface area contributed by atoms with E-state index in [2.05, 4.69) is 48.5 Å². The van der Waals surface area contributed by atoms with E-state index < -0.39 is 0 Å². The van der Waals surface area contributed by atoms with Crippen LogP contribution in [0.5, 0.6) is 0 Å². The maximum absolute atomic E-state index is 5.56. The molecular weight excluding hydrogens is 358 g/mol. The first kappa shape index (κ1) is 20.8. The number of hydrogen-bond acceptors (Lipinski definition) is 3. The average Bonchev–Trinajstić information content (AvgIpc) is 3.46. The third-order valence-corrected chi connectivity index (χ3v) is 5.08. The van der Waals surface area contributed by atoms with Gasteiger partial charge >= 0.3 is 0 Å². The lowest BCUT2D eigenvalue weighted by Crippen LogP contribution is -1.97. The van der Waals surface area contributed by atoms with Crippen LogP contribution in [0, 0.1) is 0 Å². The molecule has 2 aliphatic rings. The van der Waals surface area contributed by atoms with E-state index in [4.69, 9.17) is 14.7 Å². The third-order valence-electron chi connectivity index (χ3n) is 5.08. The Morgan fingerprint density at radius 1 is 1.10 bits per heavy atom. The summed E-state index contributed by atoms with van der Waals surface area (Å²) in [7, 11) is 1.69. The number of hydrogen-bond donors (Lipinski definition) is 1. The Labute approximate surface area is 174 Å². The second-order valence-electron chi connectivity index (χ2n) is 7.34.